The van der Waals surface area contributed by atoms with Gasteiger partial charge in [0.05, 0.1) is 12.1 Å². The van der Waals surface area contributed by atoms with Gasteiger partial charge in [-0.2, -0.15) is 0 Å². The van der Waals surface area contributed by atoms with Crippen LogP contribution in [0.5, 0.6) is 0 Å². The first kappa shape index (κ1) is 16.3. The van der Waals surface area contributed by atoms with Gasteiger partial charge in [-0.1, -0.05) is 48.5 Å². The van der Waals surface area contributed by atoms with E-state index < -0.39 is 5.60 Å². The molecule has 0 N–H and O–H groups in total. The molecule has 24 heavy (non-hydrogen) atoms. The van der Waals surface area contributed by atoms with E-state index >= 15 is 0 Å². The van der Waals surface area contributed by atoms with Crippen molar-refractivity contribution in [3.63, 3.8) is 0 Å². The highest BCUT2D eigenvalue weighted by molar-refractivity contribution is 6.06. The number of hydrogen-bond donors (Lipinski definition) is 0. The summed E-state index contributed by atoms with van der Waals surface area (Å²) in [6.07, 6.45) is 0. The van der Waals surface area contributed by atoms with Gasteiger partial charge >= 0.3 is 5.97 Å². The van der Waals surface area contributed by atoms with Crippen molar-refractivity contribution in [3.05, 3.63) is 71.3 Å². The number of fused-ring (bicyclic) bond motifs is 1. The van der Waals surface area contributed by atoms with Crippen LogP contribution in [0.15, 0.2) is 60.2 Å². The number of rotatable bonds is 2. The van der Waals surface area contributed by atoms with Crippen LogP contribution in [0, 0.1) is 0 Å². The zero-order valence-electron chi connectivity index (χ0n) is 14.7. The molecule has 2 aromatic carbocycles. The van der Waals surface area contributed by atoms with Crippen LogP contribution in [0.4, 0.5) is 5.69 Å². The van der Waals surface area contributed by atoms with E-state index in [0.717, 1.165) is 22.4 Å². The van der Waals surface area contributed by atoms with Crippen molar-refractivity contribution >= 4 is 17.2 Å². The number of esters is 1. The molecule has 0 aliphatic carbocycles. The highest BCUT2D eigenvalue weighted by atomic mass is 16.6. The first-order valence-electron chi connectivity index (χ1n) is 8.19. The van der Waals surface area contributed by atoms with Crippen LogP contribution in [0.2, 0.25) is 0 Å². The molecule has 3 heteroatoms. The first-order valence-corrected chi connectivity index (χ1v) is 8.19. The summed E-state index contributed by atoms with van der Waals surface area (Å²) in [5.41, 5.74) is 4.40. The molecule has 124 valence electrons. The predicted molar refractivity (Wildman–Crippen MR) is 98.0 cm³/mol. The van der Waals surface area contributed by atoms with Gasteiger partial charge in [0.2, 0.25) is 0 Å². The molecule has 0 radical (unpaired) electrons. The van der Waals surface area contributed by atoms with Crippen LogP contribution in [-0.4, -0.2) is 25.2 Å². The molecule has 0 spiro atoms. The van der Waals surface area contributed by atoms with Crippen molar-refractivity contribution in [1.82, 2.24) is 0 Å². The molecule has 1 heterocycles. The van der Waals surface area contributed by atoms with E-state index in [1.165, 1.54) is 0 Å². The minimum atomic E-state index is -0.512. The summed E-state index contributed by atoms with van der Waals surface area (Å²) in [6.45, 7) is 6.23. The number of carbonyl (C=O) groups is 1. The van der Waals surface area contributed by atoms with Crippen LogP contribution in [0.25, 0.3) is 5.57 Å². The normalized spacial score (nSPS) is 14.4. The molecule has 2 aromatic rings. The van der Waals surface area contributed by atoms with Gasteiger partial charge in [-0.15, -0.1) is 0 Å². The Hall–Kier alpha value is -2.55. The average molecular weight is 321 g/mol. The molecule has 3 nitrogen and oxygen atoms in total. The maximum absolute atomic E-state index is 12.8. The van der Waals surface area contributed by atoms with E-state index in [2.05, 4.69) is 17.0 Å². The lowest BCUT2D eigenvalue weighted by molar-refractivity contribution is -0.149. The molecule has 0 bridgehead atoms. The van der Waals surface area contributed by atoms with E-state index in [9.17, 15) is 4.79 Å². The lowest BCUT2D eigenvalue weighted by Crippen LogP contribution is -2.33. The van der Waals surface area contributed by atoms with Crippen molar-refractivity contribution in [3.8, 4) is 0 Å². The average Bonchev–Trinajstić information content (AvgIpc) is 2.54. The first-order chi connectivity index (χ1) is 11.4. The molecule has 0 unspecified atom stereocenters. The molecule has 0 saturated heterocycles. The van der Waals surface area contributed by atoms with Crippen LogP contribution in [-0.2, 0) is 9.53 Å². The van der Waals surface area contributed by atoms with E-state index in [1.54, 1.807) is 0 Å². The third-order valence-electron chi connectivity index (χ3n) is 3.99. The minimum absolute atomic E-state index is 0.247. The summed E-state index contributed by atoms with van der Waals surface area (Å²) >= 11 is 0. The van der Waals surface area contributed by atoms with Gasteiger partial charge in [-0.3, -0.25) is 0 Å². The second-order valence-electron chi connectivity index (χ2n) is 7.09. The molecular formula is C21H23NO2. The van der Waals surface area contributed by atoms with Gasteiger partial charge in [-0.05, 0) is 32.4 Å². The van der Waals surface area contributed by atoms with Gasteiger partial charge in [0.15, 0.2) is 0 Å². The quantitative estimate of drug-likeness (QED) is 0.773. The van der Waals surface area contributed by atoms with Crippen molar-refractivity contribution in [2.45, 2.75) is 26.4 Å². The smallest absolute Gasteiger partial charge is 0.337 e. The minimum Gasteiger partial charge on any atom is -0.457 e. The number of nitrogens with zero attached hydrogens (tertiary/aromatic N) is 1. The number of para-hydroxylation sites is 1. The van der Waals surface area contributed by atoms with Crippen molar-refractivity contribution in [2.24, 2.45) is 0 Å². The molecule has 0 aromatic heterocycles. The fourth-order valence-electron chi connectivity index (χ4n) is 3.02. The monoisotopic (exact) mass is 321 g/mol. The SMILES string of the molecule is CN1CC(C(=O)OC(C)(C)C)=C(c2ccccc2)c2ccccc21. The lowest BCUT2D eigenvalue weighted by atomic mass is 9.88. The summed E-state index contributed by atoms with van der Waals surface area (Å²) < 4.78 is 5.67. The lowest BCUT2D eigenvalue weighted by Gasteiger charge is -2.32. The molecule has 0 fully saturated rings. The highest BCUT2D eigenvalue weighted by Gasteiger charge is 2.30. The van der Waals surface area contributed by atoms with E-state index in [0.29, 0.717) is 12.1 Å². The Morgan fingerprint density at radius 1 is 1.00 bits per heavy atom. The maximum atomic E-state index is 12.8. The third-order valence-corrected chi connectivity index (χ3v) is 3.99. The van der Waals surface area contributed by atoms with Gasteiger partial charge in [0, 0.05) is 23.9 Å². The van der Waals surface area contributed by atoms with E-state index in [4.69, 9.17) is 4.74 Å². The maximum Gasteiger partial charge on any atom is 0.337 e. The zero-order chi connectivity index (χ0) is 17.3. The highest BCUT2D eigenvalue weighted by Crippen LogP contribution is 2.38. The zero-order valence-corrected chi connectivity index (χ0v) is 14.7. The molecular weight excluding hydrogens is 298 g/mol. The van der Waals surface area contributed by atoms with E-state index in [-0.39, 0.29) is 5.97 Å². The Morgan fingerprint density at radius 2 is 1.62 bits per heavy atom. The number of carbonyl (C=O) groups excluding carboxylic acids is 1. The molecule has 0 amide bonds. The third kappa shape index (κ3) is 3.21. The topological polar surface area (TPSA) is 29.5 Å². The summed E-state index contributed by atoms with van der Waals surface area (Å²) in [5, 5.41) is 0. The van der Waals surface area contributed by atoms with Crippen LogP contribution >= 0.6 is 0 Å². The Morgan fingerprint density at radius 3 is 2.29 bits per heavy atom. The molecule has 1 aliphatic rings. The predicted octanol–water partition coefficient (Wildman–Crippen LogP) is 4.28. The molecule has 1 aliphatic heterocycles. The van der Waals surface area contributed by atoms with Gasteiger partial charge < -0.3 is 9.64 Å². The summed E-state index contributed by atoms with van der Waals surface area (Å²) in [5.74, 6) is -0.247. The standard InChI is InChI=1S/C21H23NO2/c1-21(2,3)24-20(23)17-14-22(4)18-13-9-8-12-16(18)19(17)15-10-6-5-7-11-15/h5-13H,14H2,1-4H3. The largest absolute Gasteiger partial charge is 0.457 e. The number of hydrogen-bond acceptors (Lipinski definition) is 3. The fourth-order valence-corrected chi connectivity index (χ4v) is 3.02. The number of benzene rings is 2. The second-order valence-corrected chi connectivity index (χ2v) is 7.09. The summed E-state index contributed by atoms with van der Waals surface area (Å²) in [6, 6.07) is 18.2. The van der Waals surface area contributed by atoms with Crippen LogP contribution < -0.4 is 4.90 Å². The molecule has 3 rings (SSSR count). The number of anilines is 1. The van der Waals surface area contributed by atoms with Crippen molar-refractivity contribution in [2.75, 3.05) is 18.5 Å². The number of ether oxygens (including phenoxy) is 1. The second kappa shape index (κ2) is 6.16. The van der Waals surface area contributed by atoms with Gasteiger partial charge in [0.1, 0.15) is 5.60 Å². The Kier molecular flexibility index (Phi) is 4.18. The van der Waals surface area contributed by atoms with Gasteiger partial charge in [0.25, 0.3) is 0 Å². The summed E-state index contributed by atoms with van der Waals surface area (Å²) in [4.78, 5) is 14.9. The van der Waals surface area contributed by atoms with Crippen molar-refractivity contribution < 1.29 is 9.53 Å². The Bertz CT molecular complexity index is 785. The van der Waals surface area contributed by atoms with Gasteiger partial charge in [-0.25, -0.2) is 4.79 Å². The molecule has 0 saturated carbocycles. The Balaban J connectivity index is 2.19. The Labute approximate surface area is 143 Å². The molecule has 0 atom stereocenters. The fraction of sp³-hybridized carbons (Fsp3) is 0.286. The van der Waals surface area contributed by atoms with E-state index in [1.807, 2.05) is 70.3 Å². The van der Waals surface area contributed by atoms with Crippen LogP contribution in [0.1, 0.15) is 31.9 Å². The summed E-state index contributed by atoms with van der Waals surface area (Å²) in [7, 11) is 2.00. The van der Waals surface area contributed by atoms with Crippen LogP contribution in [0.3, 0.4) is 0 Å². The number of likely N-dealkylation sites (N-methyl/N-ethyl adjacent to an activating group) is 1. The van der Waals surface area contributed by atoms with Crippen molar-refractivity contribution in [1.29, 1.82) is 0 Å².